The summed E-state index contributed by atoms with van der Waals surface area (Å²) in [4.78, 5) is 20.6. The fraction of sp³-hybridized carbons (Fsp3) is 0.652. The number of likely N-dealkylation sites (tertiary alicyclic amines) is 1. The monoisotopic (exact) mass is 417 g/mol. The third-order valence-corrected chi connectivity index (χ3v) is 5.17. The number of likely N-dealkylation sites (N-methyl/N-ethyl adjacent to an activating group) is 1. The van der Waals surface area contributed by atoms with E-state index >= 15 is 0 Å². The first-order valence-corrected chi connectivity index (χ1v) is 11.2. The van der Waals surface area contributed by atoms with Gasteiger partial charge in [0, 0.05) is 46.3 Å². The number of ether oxygens (including phenoxy) is 1. The van der Waals surface area contributed by atoms with Crippen molar-refractivity contribution in [3.8, 4) is 5.75 Å². The molecule has 7 heteroatoms. The maximum atomic E-state index is 11.9. The van der Waals surface area contributed by atoms with E-state index in [9.17, 15) is 4.79 Å². The van der Waals surface area contributed by atoms with Crippen LogP contribution in [0.1, 0.15) is 38.7 Å². The Morgan fingerprint density at radius 3 is 2.70 bits per heavy atom. The Morgan fingerprint density at radius 1 is 1.27 bits per heavy atom. The van der Waals surface area contributed by atoms with Gasteiger partial charge in [0.25, 0.3) is 0 Å². The van der Waals surface area contributed by atoms with Crippen molar-refractivity contribution >= 4 is 11.9 Å². The molecular weight excluding hydrogens is 378 g/mol. The number of aliphatic imine (C=N–C) groups is 1. The standard InChI is InChI=1S/C23H39N5O2/c1-5-16-30-21-9-7-8-19(17-21)10-13-25-23(24-6-2)26-20-11-14-28(15-12-20)18-22(29)27(3)4/h7-9,17,20H,5-6,10-16,18H2,1-4H3,(H2,24,25,26). The van der Waals surface area contributed by atoms with E-state index in [-0.39, 0.29) is 5.91 Å². The minimum atomic E-state index is 0.167. The Kier molecular flexibility index (Phi) is 10.5. The highest BCUT2D eigenvalue weighted by Gasteiger charge is 2.21. The zero-order chi connectivity index (χ0) is 21.8. The number of nitrogens with zero attached hydrogens (tertiary/aromatic N) is 3. The Morgan fingerprint density at radius 2 is 2.03 bits per heavy atom. The van der Waals surface area contributed by atoms with Gasteiger partial charge in [0.2, 0.25) is 5.91 Å². The second-order valence-corrected chi connectivity index (χ2v) is 7.99. The highest BCUT2D eigenvalue weighted by molar-refractivity contribution is 5.80. The lowest BCUT2D eigenvalue weighted by Crippen LogP contribution is -2.50. The Bertz CT molecular complexity index is 669. The molecule has 1 aliphatic heterocycles. The van der Waals surface area contributed by atoms with E-state index in [1.54, 1.807) is 4.90 Å². The molecule has 1 saturated heterocycles. The molecule has 1 amide bonds. The molecule has 0 atom stereocenters. The largest absolute Gasteiger partial charge is 0.494 e. The molecular formula is C23H39N5O2. The van der Waals surface area contributed by atoms with Crippen LogP contribution in [-0.2, 0) is 11.2 Å². The first-order chi connectivity index (χ1) is 14.5. The minimum absolute atomic E-state index is 0.167. The number of amides is 1. The third-order valence-electron chi connectivity index (χ3n) is 5.17. The molecule has 0 saturated carbocycles. The first-order valence-electron chi connectivity index (χ1n) is 11.2. The molecule has 7 nitrogen and oxygen atoms in total. The van der Waals surface area contributed by atoms with Gasteiger partial charge in [0.1, 0.15) is 5.75 Å². The van der Waals surface area contributed by atoms with Crippen LogP contribution in [-0.4, -0.2) is 81.1 Å². The van der Waals surface area contributed by atoms with Gasteiger partial charge in [-0.3, -0.25) is 14.7 Å². The fourth-order valence-electron chi connectivity index (χ4n) is 3.39. The van der Waals surface area contributed by atoms with Crippen molar-refractivity contribution < 1.29 is 9.53 Å². The van der Waals surface area contributed by atoms with Crippen LogP contribution >= 0.6 is 0 Å². The summed E-state index contributed by atoms with van der Waals surface area (Å²) < 4.78 is 5.72. The molecule has 1 aromatic carbocycles. The van der Waals surface area contributed by atoms with Crippen molar-refractivity contribution in [2.75, 3.05) is 53.4 Å². The topological polar surface area (TPSA) is 69.2 Å². The predicted octanol–water partition coefficient (Wildman–Crippen LogP) is 2.13. The molecule has 0 aromatic heterocycles. The molecule has 0 spiro atoms. The molecule has 0 bridgehead atoms. The van der Waals surface area contributed by atoms with Gasteiger partial charge in [0.05, 0.1) is 13.2 Å². The summed E-state index contributed by atoms with van der Waals surface area (Å²) in [6.07, 6.45) is 3.92. The predicted molar refractivity (Wildman–Crippen MR) is 123 cm³/mol. The molecule has 30 heavy (non-hydrogen) atoms. The van der Waals surface area contributed by atoms with E-state index in [1.807, 2.05) is 26.2 Å². The molecule has 1 heterocycles. The van der Waals surface area contributed by atoms with Crippen molar-refractivity contribution in [1.29, 1.82) is 0 Å². The molecule has 0 aliphatic carbocycles. The maximum absolute atomic E-state index is 11.9. The summed E-state index contributed by atoms with van der Waals surface area (Å²) in [7, 11) is 3.62. The van der Waals surface area contributed by atoms with Gasteiger partial charge in [-0.25, -0.2) is 0 Å². The molecule has 1 aromatic rings. The molecule has 1 fully saturated rings. The van der Waals surface area contributed by atoms with Gasteiger partial charge in [-0.15, -0.1) is 0 Å². The number of hydrogen-bond acceptors (Lipinski definition) is 4. The van der Waals surface area contributed by atoms with Gasteiger partial charge < -0.3 is 20.3 Å². The number of nitrogens with one attached hydrogen (secondary N) is 2. The number of piperidine rings is 1. The summed E-state index contributed by atoms with van der Waals surface area (Å²) in [6, 6.07) is 8.67. The average Bonchev–Trinajstić information content (AvgIpc) is 2.74. The summed E-state index contributed by atoms with van der Waals surface area (Å²) >= 11 is 0. The first kappa shape index (κ1) is 24.0. The second kappa shape index (κ2) is 13.1. The lowest BCUT2D eigenvalue weighted by Gasteiger charge is -2.33. The van der Waals surface area contributed by atoms with Crippen LogP contribution in [0.15, 0.2) is 29.3 Å². The number of hydrogen-bond donors (Lipinski definition) is 2. The van der Waals surface area contributed by atoms with Gasteiger partial charge in [-0.1, -0.05) is 19.1 Å². The van der Waals surface area contributed by atoms with Crippen LogP contribution in [0.4, 0.5) is 0 Å². The normalized spacial score (nSPS) is 15.7. The zero-order valence-electron chi connectivity index (χ0n) is 19.1. The molecule has 2 N–H and O–H groups in total. The van der Waals surface area contributed by atoms with Crippen molar-refractivity contribution in [1.82, 2.24) is 20.4 Å². The van der Waals surface area contributed by atoms with E-state index in [4.69, 9.17) is 9.73 Å². The summed E-state index contributed by atoms with van der Waals surface area (Å²) in [5.74, 6) is 1.97. The summed E-state index contributed by atoms with van der Waals surface area (Å²) in [5.41, 5.74) is 1.24. The summed E-state index contributed by atoms with van der Waals surface area (Å²) in [6.45, 7) is 8.88. The van der Waals surface area contributed by atoms with E-state index < -0.39 is 0 Å². The zero-order valence-corrected chi connectivity index (χ0v) is 19.1. The van der Waals surface area contributed by atoms with Gasteiger partial charge in [0.15, 0.2) is 5.96 Å². The lowest BCUT2D eigenvalue weighted by atomic mass is 10.1. The van der Waals surface area contributed by atoms with Crippen molar-refractivity contribution in [3.05, 3.63) is 29.8 Å². The second-order valence-electron chi connectivity index (χ2n) is 7.99. The average molecular weight is 418 g/mol. The van der Waals surface area contributed by atoms with E-state index in [2.05, 4.69) is 41.5 Å². The Balaban J connectivity index is 1.80. The molecule has 2 rings (SSSR count). The fourth-order valence-corrected chi connectivity index (χ4v) is 3.39. The highest BCUT2D eigenvalue weighted by atomic mass is 16.5. The minimum Gasteiger partial charge on any atom is -0.494 e. The smallest absolute Gasteiger partial charge is 0.236 e. The van der Waals surface area contributed by atoms with Gasteiger partial charge in [-0.05, 0) is 50.3 Å². The molecule has 1 aliphatic rings. The van der Waals surface area contributed by atoms with Crippen LogP contribution in [0.5, 0.6) is 5.75 Å². The SMILES string of the molecule is CCCOc1cccc(CCN=C(NCC)NC2CCN(CC(=O)N(C)C)CC2)c1. The molecule has 0 radical (unpaired) electrons. The van der Waals surface area contributed by atoms with Gasteiger partial charge in [-0.2, -0.15) is 0 Å². The number of carbonyl (C=O) groups excluding carboxylic acids is 1. The van der Waals surface area contributed by atoms with Crippen molar-refractivity contribution in [2.24, 2.45) is 4.99 Å². The van der Waals surface area contributed by atoms with Crippen molar-refractivity contribution in [2.45, 2.75) is 45.6 Å². The van der Waals surface area contributed by atoms with Crippen LogP contribution in [0.2, 0.25) is 0 Å². The van der Waals surface area contributed by atoms with E-state index in [0.717, 1.165) is 70.2 Å². The lowest BCUT2D eigenvalue weighted by molar-refractivity contribution is -0.130. The molecule has 0 unspecified atom stereocenters. The Hall–Kier alpha value is -2.28. The number of benzene rings is 1. The molecule has 168 valence electrons. The van der Waals surface area contributed by atoms with Crippen LogP contribution in [0.25, 0.3) is 0 Å². The summed E-state index contributed by atoms with van der Waals surface area (Å²) in [5, 5.41) is 6.92. The van der Waals surface area contributed by atoms with Crippen molar-refractivity contribution in [3.63, 3.8) is 0 Å². The Labute approximate surface area is 181 Å². The van der Waals surface area contributed by atoms with Crippen LogP contribution < -0.4 is 15.4 Å². The van der Waals surface area contributed by atoms with E-state index in [1.165, 1.54) is 5.56 Å². The number of carbonyl (C=O) groups is 1. The third kappa shape index (κ3) is 8.61. The van der Waals surface area contributed by atoms with Crippen LogP contribution in [0, 0.1) is 0 Å². The van der Waals surface area contributed by atoms with Crippen LogP contribution in [0.3, 0.4) is 0 Å². The number of rotatable bonds is 10. The highest BCUT2D eigenvalue weighted by Crippen LogP contribution is 2.14. The maximum Gasteiger partial charge on any atom is 0.236 e. The quantitative estimate of drug-likeness (QED) is 0.451. The van der Waals surface area contributed by atoms with Gasteiger partial charge >= 0.3 is 0 Å². The number of guanidine groups is 1. The van der Waals surface area contributed by atoms with E-state index in [0.29, 0.717) is 12.6 Å².